The molecule has 1 amide bonds. The number of hydrogen-bond donors (Lipinski definition) is 3. The summed E-state index contributed by atoms with van der Waals surface area (Å²) in [5.41, 5.74) is 1.38. The topological polar surface area (TPSA) is 73.8 Å². The Morgan fingerprint density at radius 1 is 1.22 bits per heavy atom. The van der Waals surface area contributed by atoms with Crippen molar-refractivity contribution in [2.75, 3.05) is 31.6 Å². The van der Waals surface area contributed by atoms with Crippen molar-refractivity contribution in [3.63, 3.8) is 0 Å². The summed E-state index contributed by atoms with van der Waals surface area (Å²) in [5.74, 6) is -0.488. The summed E-state index contributed by atoms with van der Waals surface area (Å²) in [4.78, 5) is 13.7. The molecule has 1 unspecified atom stereocenters. The Morgan fingerprint density at radius 2 is 1.97 bits per heavy atom. The van der Waals surface area contributed by atoms with Gasteiger partial charge in [-0.05, 0) is 55.8 Å². The van der Waals surface area contributed by atoms with Gasteiger partial charge in [-0.3, -0.25) is 9.69 Å². The van der Waals surface area contributed by atoms with Gasteiger partial charge in [0.25, 0.3) is 0 Å². The SMILES string of the molecule is CC(=O)Nc1cc(F)ccc1OCC(O)CNC1CCN(Cc2ccc(Cl)c(Cl)c2)CC1. The first kappa shape index (κ1) is 24.7. The number of hydrogen-bond acceptors (Lipinski definition) is 5. The highest BCUT2D eigenvalue weighted by molar-refractivity contribution is 6.42. The minimum Gasteiger partial charge on any atom is -0.489 e. The number of halogens is 3. The van der Waals surface area contributed by atoms with Gasteiger partial charge in [0.2, 0.25) is 5.91 Å². The molecule has 32 heavy (non-hydrogen) atoms. The van der Waals surface area contributed by atoms with Crippen LogP contribution < -0.4 is 15.4 Å². The Labute approximate surface area is 197 Å². The predicted molar refractivity (Wildman–Crippen MR) is 125 cm³/mol. The number of likely N-dealkylation sites (tertiary alicyclic amines) is 1. The third kappa shape index (κ3) is 7.60. The maximum absolute atomic E-state index is 13.4. The fraction of sp³-hybridized carbons (Fsp3) is 0.435. The minimum atomic E-state index is -0.737. The molecule has 0 aliphatic carbocycles. The summed E-state index contributed by atoms with van der Waals surface area (Å²) < 4.78 is 19.0. The molecule has 1 fully saturated rings. The number of aliphatic hydroxyl groups excluding tert-OH is 1. The van der Waals surface area contributed by atoms with Crippen molar-refractivity contribution in [3.05, 3.63) is 57.8 Å². The lowest BCUT2D eigenvalue weighted by atomic mass is 10.0. The molecule has 1 aliphatic rings. The molecule has 3 N–H and O–H groups in total. The zero-order valence-corrected chi connectivity index (χ0v) is 19.4. The number of amides is 1. The van der Waals surface area contributed by atoms with Crippen LogP contribution >= 0.6 is 23.2 Å². The first-order valence-corrected chi connectivity index (χ1v) is 11.3. The van der Waals surface area contributed by atoms with E-state index in [-0.39, 0.29) is 18.2 Å². The molecule has 1 heterocycles. The zero-order chi connectivity index (χ0) is 23.1. The van der Waals surface area contributed by atoms with Crippen LogP contribution in [-0.4, -0.2) is 54.3 Å². The van der Waals surface area contributed by atoms with Gasteiger partial charge in [0.05, 0.1) is 15.7 Å². The molecular formula is C23H28Cl2FN3O3. The first-order valence-electron chi connectivity index (χ1n) is 10.6. The molecule has 2 aromatic rings. The number of piperidine rings is 1. The van der Waals surface area contributed by atoms with Gasteiger partial charge in [0.15, 0.2) is 0 Å². The normalized spacial score (nSPS) is 16.0. The van der Waals surface area contributed by atoms with Crippen molar-refractivity contribution in [1.82, 2.24) is 10.2 Å². The number of anilines is 1. The van der Waals surface area contributed by atoms with E-state index in [1.54, 1.807) is 0 Å². The van der Waals surface area contributed by atoms with Crippen LogP contribution in [0.5, 0.6) is 5.75 Å². The predicted octanol–water partition coefficient (Wildman–Crippen LogP) is 4.08. The van der Waals surface area contributed by atoms with E-state index >= 15 is 0 Å². The molecule has 9 heteroatoms. The Hall–Kier alpha value is -1.90. The van der Waals surface area contributed by atoms with Gasteiger partial charge in [0.1, 0.15) is 24.3 Å². The third-order valence-corrected chi connectivity index (χ3v) is 6.04. The number of aliphatic hydroxyl groups is 1. The molecule has 2 aromatic carbocycles. The number of nitrogens with one attached hydrogen (secondary N) is 2. The summed E-state index contributed by atoms with van der Waals surface area (Å²) in [7, 11) is 0. The lowest BCUT2D eigenvalue weighted by Crippen LogP contribution is -2.45. The minimum absolute atomic E-state index is 0.0292. The van der Waals surface area contributed by atoms with Crippen molar-refractivity contribution in [2.24, 2.45) is 0 Å². The molecule has 6 nitrogen and oxygen atoms in total. The molecule has 0 radical (unpaired) electrons. The van der Waals surface area contributed by atoms with Gasteiger partial charge in [0, 0.05) is 32.1 Å². The van der Waals surface area contributed by atoms with E-state index in [4.69, 9.17) is 27.9 Å². The molecule has 0 aromatic heterocycles. The zero-order valence-electron chi connectivity index (χ0n) is 17.9. The maximum Gasteiger partial charge on any atom is 0.221 e. The summed E-state index contributed by atoms with van der Waals surface area (Å²) in [6, 6.07) is 9.91. The lowest BCUT2D eigenvalue weighted by molar-refractivity contribution is -0.114. The van der Waals surface area contributed by atoms with Crippen molar-refractivity contribution in [1.29, 1.82) is 0 Å². The number of ether oxygens (including phenoxy) is 1. The quantitative estimate of drug-likeness (QED) is 0.500. The van der Waals surface area contributed by atoms with Gasteiger partial charge in [-0.1, -0.05) is 29.3 Å². The van der Waals surface area contributed by atoms with E-state index in [1.165, 1.54) is 25.1 Å². The van der Waals surface area contributed by atoms with Crippen molar-refractivity contribution in [2.45, 2.75) is 38.5 Å². The molecular weight excluding hydrogens is 456 g/mol. The van der Waals surface area contributed by atoms with E-state index in [0.29, 0.717) is 28.4 Å². The van der Waals surface area contributed by atoms with Gasteiger partial charge in [-0.15, -0.1) is 0 Å². The number of benzene rings is 2. The molecule has 0 bridgehead atoms. The van der Waals surface area contributed by atoms with Crippen LogP contribution in [0, 0.1) is 5.82 Å². The van der Waals surface area contributed by atoms with Crippen LogP contribution in [0.4, 0.5) is 10.1 Å². The number of rotatable bonds is 9. The molecule has 0 spiro atoms. The van der Waals surface area contributed by atoms with E-state index in [1.807, 2.05) is 18.2 Å². The van der Waals surface area contributed by atoms with Crippen LogP contribution in [0.3, 0.4) is 0 Å². The van der Waals surface area contributed by atoms with E-state index in [2.05, 4.69) is 15.5 Å². The van der Waals surface area contributed by atoms with Gasteiger partial charge in [-0.2, -0.15) is 0 Å². The summed E-state index contributed by atoms with van der Waals surface area (Å²) in [6.45, 7) is 4.47. The number of nitrogens with zero attached hydrogens (tertiary/aromatic N) is 1. The van der Waals surface area contributed by atoms with E-state index < -0.39 is 11.9 Å². The largest absolute Gasteiger partial charge is 0.489 e. The highest BCUT2D eigenvalue weighted by Gasteiger charge is 2.20. The molecule has 1 aliphatic heterocycles. The summed E-state index contributed by atoms with van der Waals surface area (Å²) in [5, 5.41) is 17.3. The lowest BCUT2D eigenvalue weighted by Gasteiger charge is -2.33. The van der Waals surface area contributed by atoms with Crippen molar-refractivity contribution < 1.29 is 19.0 Å². The molecule has 0 saturated carbocycles. The number of carbonyl (C=O) groups is 1. The molecule has 174 valence electrons. The Balaban J connectivity index is 1.38. The smallest absolute Gasteiger partial charge is 0.221 e. The standard InChI is InChI=1S/C23H28Cl2FN3O3/c1-15(30)28-22-11-17(26)3-5-23(22)32-14-19(31)12-27-18-6-8-29(9-7-18)13-16-2-4-20(24)21(25)10-16/h2-5,10-11,18-19,27,31H,6-9,12-14H2,1H3,(H,28,30). The Bertz CT molecular complexity index is 923. The average molecular weight is 484 g/mol. The second kappa shape index (κ2) is 11.8. The van der Waals surface area contributed by atoms with Crippen molar-refractivity contribution in [3.8, 4) is 5.75 Å². The second-order valence-electron chi connectivity index (χ2n) is 7.99. The highest BCUT2D eigenvalue weighted by atomic mass is 35.5. The van der Waals surface area contributed by atoms with Crippen LogP contribution in [0.15, 0.2) is 36.4 Å². The first-order chi connectivity index (χ1) is 15.3. The second-order valence-corrected chi connectivity index (χ2v) is 8.81. The summed E-state index contributed by atoms with van der Waals surface area (Å²) >= 11 is 12.1. The molecule has 1 atom stereocenters. The Kier molecular flexibility index (Phi) is 9.13. The van der Waals surface area contributed by atoms with Crippen LogP contribution in [0.25, 0.3) is 0 Å². The fourth-order valence-corrected chi connectivity index (χ4v) is 3.98. The van der Waals surface area contributed by atoms with Gasteiger partial charge < -0.3 is 20.5 Å². The maximum atomic E-state index is 13.4. The van der Waals surface area contributed by atoms with Crippen molar-refractivity contribution >= 4 is 34.8 Å². The van der Waals surface area contributed by atoms with E-state index in [0.717, 1.165) is 38.0 Å². The third-order valence-electron chi connectivity index (χ3n) is 5.30. The monoisotopic (exact) mass is 483 g/mol. The van der Waals surface area contributed by atoms with Crippen LogP contribution in [0.2, 0.25) is 10.0 Å². The summed E-state index contributed by atoms with van der Waals surface area (Å²) in [6.07, 6.45) is 1.21. The number of carbonyl (C=O) groups excluding carboxylic acids is 1. The van der Waals surface area contributed by atoms with Crippen LogP contribution in [-0.2, 0) is 11.3 Å². The van der Waals surface area contributed by atoms with Crippen LogP contribution in [0.1, 0.15) is 25.3 Å². The molecule has 1 saturated heterocycles. The van der Waals surface area contributed by atoms with E-state index in [9.17, 15) is 14.3 Å². The average Bonchev–Trinajstić information content (AvgIpc) is 2.75. The fourth-order valence-electron chi connectivity index (χ4n) is 3.65. The molecule has 3 rings (SSSR count). The Morgan fingerprint density at radius 3 is 2.66 bits per heavy atom. The highest BCUT2D eigenvalue weighted by Crippen LogP contribution is 2.26. The van der Waals surface area contributed by atoms with Gasteiger partial charge in [-0.25, -0.2) is 4.39 Å². The van der Waals surface area contributed by atoms with Gasteiger partial charge >= 0.3 is 0 Å².